The SMILES string of the molecule is Br.Br.Cc1ccc2c(c1O)CC(C1CCN(Cc3ccccc3Cl)CC1)OC2CN. The number of hydrogen-bond acceptors (Lipinski definition) is 4. The summed E-state index contributed by atoms with van der Waals surface area (Å²) in [6, 6.07) is 12.1. The van der Waals surface area contributed by atoms with Crippen LogP contribution in [0.5, 0.6) is 5.75 Å². The van der Waals surface area contributed by atoms with Crippen LogP contribution in [-0.4, -0.2) is 35.7 Å². The number of aryl methyl sites for hydroxylation is 1. The summed E-state index contributed by atoms with van der Waals surface area (Å²) in [5, 5.41) is 11.4. The molecule has 0 saturated carbocycles. The summed E-state index contributed by atoms with van der Waals surface area (Å²) in [5.41, 5.74) is 10.2. The van der Waals surface area contributed by atoms with Gasteiger partial charge in [-0.05, 0) is 61.5 Å². The van der Waals surface area contributed by atoms with Crippen molar-refractivity contribution in [2.75, 3.05) is 19.6 Å². The molecule has 0 bridgehead atoms. The van der Waals surface area contributed by atoms with Crippen molar-refractivity contribution in [3.05, 3.63) is 63.7 Å². The lowest BCUT2D eigenvalue weighted by atomic mass is 9.83. The molecule has 2 aromatic carbocycles. The van der Waals surface area contributed by atoms with Crippen molar-refractivity contribution in [3.63, 3.8) is 0 Å². The van der Waals surface area contributed by atoms with Crippen LogP contribution in [0.3, 0.4) is 0 Å². The molecule has 166 valence electrons. The maximum atomic E-state index is 10.6. The quantitative estimate of drug-likeness (QED) is 0.527. The highest BCUT2D eigenvalue weighted by molar-refractivity contribution is 8.93. The minimum atomic E-state index is -0.124. The Balaban J connectivity index is 0.00000160. The van der Waals surface area contributed by atoms with Gasteiger partial charge in [0.15, 0.2) is 0 Å². The van der Waals surface area contributed by atoms with Crippen molar-refractivity contribution in [1.82, 2.24) is 4.90 Å². The molecule has 4 nitrogen and oxygen atoms in total. The summed E-state index contributed by atoms with van der Waals surface area (Å²) in [4.78, 5) is 2.47. The summed E-state index contributed by atoms with van der Waals surface area (Å²) in [6.07, 6.45) is 2.95. The Morgan fingerprint density at radius 3 is 2.50 bits per heavy atom. The maximum Gasteiger partial charge on any atom is 0.122 e. The van der Waals surface area contributed by atoms with Gasteiger partial charge in [-0.3, -0.25) is 4.90 Å². The molecular weight excluding hydrogens is 532 g/mol. The minimum absolute atomic E-state index is 0. The van der Waals surface area contributed by atoms with Crippen LogP contribution < -0.4 is 5.73 Å². The Hall–Kier alpha value is -0.630. The molecule has 3 N–H and O–H groups in total. The average molecular weight is 563 g/mol. The predicted octanol–water partition coefficient (Wildman–Crippen LogP) is 5.36. The van der Waals surface area contributed by atoms with Gasteiger partial charge >= 0.3 is 0 Å². The fraction of sp³-hybridized carbons (Fsp3) is 0.478. The molecule has 0 aromatic heterocycles. The summed E-state index contributed by atoms with van der Waals surface area (Å²) in [7, 11) is 0. The zero-order valence-corrected chi connectivity index (χ0v) is 21.4. The number of nitrogens with two attached hydrogens (primary N) is 1. The van der Waals surface area contributed by atoms with E-state index < -0.39 is 0 Å². The zero-order valence-electron chi connectivity index (χ0n) is 17.2. The van der Waals surface area contributed by atoms with Crippen LogP contribution in [0.25, 0.3) is 0 Å². The first-order chi connectivity index (χ1) is 13.6. The number of hydrogen-bond donors (Lipinski definition) is 2. The Morgan fingerprint density at radius 2 is 1.83 bits per heavy atom. The number of piperidine rings is 1. The number of halogens is 3. The highest BCUT2D eigenvalue weighted by atomic mass is 79.9. The molecule has 30 heavy (non-hydrogen) atoms. The number of likely N-dealkylation sites (tertiary alicyclic amines) is 1. The maximum absolute atomic E-state index is 10.6. The summed E-state index contributed by atoms with van der Waals surface area (Å²) in [6.45, 7) is 5.36. The molecular formula is C23H31Br2ClN2O2. The molecule has 1 saturated heterocycles. The minimum Gasteiger partial charge on any atom is -0.507 e. The lowest BCUT2D eigenvalue weighted by Gasteiger charge is -2.40. The number of phenols is 1. The standard InChI is InChI=1S/C23H29ClN2O2.2BrH/c1-15-6-7-18-19(23(15)27)12-21(28-22(18)13-25)16-8-10-26(11-9-16)14-17-4-2-3-5-20(17)24;;/h2-7,16,21-22,27H,8-14,25H2,1H3;2*1H. The van der Waals surface area contributed by atoms with E-state index in [1.54, 1.807) is 0 Å². The number of ether oxygens (including phenoxy) is 1. The van der Waals surface area contributed by atoms with Crippen LogP contribution in [0.2, 0.25) is 5.02 Å². The second kappa shape index (κ2) is 11.3. The van der Waals surface area contributed by atoms with E-state index >= 15 is 0 Å². The van der Waals surface area contributed by atoms with E-state index in [0.717, 1.165) is 60.6 Å². The number of rotatable bonds is 4. The van der Waals surface area contributed by atoms with Crippen LogP contribution in [0.15, 0.2) is 36.4 Å². The van der Waals surface area contributed by atoms with Crippen molar-refractivity contribution in [3.8, 4) is 5.75 Å². The number of phenolic OH excluding ortho intramolecular Hbond substituents is 1. The predicted molar refractivity (Wildman–Crippen MR) is 133 cm³/mol. The zero-order chi connectivity index (χ0) is 19.7. The fourth-order valence-electron chi connectivity index (χ4n) is 4.63. The second-order valence-corrected chi connectivity index (χ2v) is 8.51. The van der Waals surface area contributed by atoms with Gasteiger partial charge in [-0.1, -0.05) is 41.9 Å². The van der Waals surface area contributed by atoms with Crippen LogP contribution in [0, 0.1) is 12.8 Å². The normalized spacial score (nSPS) is 22.0. The van der Waals surface area contributed by atoms with Gasteiger partial charge in [0.1, 0.15) is 5.75 Å². The number of fused-ring (bicyclic) bond motifs is 1. The molecule has 0 amide bonds. The number of nitrogens with zero attached hydrogens (tertiary/aromatic N) is 1. The third kappa shape index (κ3) is 5.40. The van der Waals surface area contributed by atoms with Crippen LogP contribution in [0.1, 0.15) is 41.2 Å². The largest absolute Gasteiger partial charge is 0.507 e. The Kier molecular flexibility index (Phi) is 9.65. The highest BCUT2D eigenvalue weighted by Crippen LogP contribution is 2.40. The Labute approximate surface area is 205 Å². The molecule has 2 aromatic rings. The van der Waals surface area contributed by atoms with Crippen LogP contribution in [0.4, 0.5) is 0 Å². The molecule has 7 heteroatoms. The fourth-order valence-corrected chi connectivity index (χ4v) is 4.82. The molecule has 2 aliphatic heterocycles. The Bertz CT molecular complexity index is 844. The van der Waals surface area contributed by atoms with Gasteiger partial charge in [0.05, 0.1) is 12.2 Å². The number of aromatic hydroxyl groups is 1. The lowest BCUT2D eigenvalue weighted by Crippen LogP contribution is -2.42. The molecule has 0 radical (unpaired) electrons. The van der Waals surface area contributed by atoms with E-state index in [2.05, 4.69) is 17.0 Å². The van der Waals surface area contributed by atoms with E-state index in [9.17, 15) is 5.11 Å². The molecule has 2 aliphatic rings. The second-order valence-electron chi connectivity index (χ2n) is 8.11. The van der Waals surface area contributed by atoms with Crippen molar-refractivity contribution < 1.29 is 9.84 Å². The molecule has 0 spiro atoms. The lowest BCUT2D eigenvalue weighted by molar-refractivity contribution is -0.0651. The van der Waals surface area contributed by atoms with Gasteiger partial charge in [0.25, 0.3) is 0 Å². The van der Waals surface area contributed by atoms with Crippen LogP contribution in [-0.2, 0) is 17.7 Å². The van der Waals surface area contributed by atoms with Gasteiger partial charge < -0.3 is 15.6 Å². The van der Waals surface area contributed by atoms with Crippen molar-refractivity contribution in [1.29, 1.82) is 0 Å². The third-order valence-electron chi connectivity index (χ3n) is 6.34. The van der Waals surface area contributed by atoms with Gasteiger partial charge in [-0.15, -0.1) is 34.0 Å². The highest BCUT2D eigenvalue weighted by Gasteiger charge is 2.35. The van der Waals surface area contributed by atoms with Gasteiger partial charge in [-0.2, -0.15) is 0 Å². The van der Waals surface area contributed by atoms with Crippen molar-refractivity contribution in [2.24, 2.45) is 11.7 Å². The monoisotopic (exact) mass is 560 g/mol. The summed E-state index contributed by atoms with van der Waals surface area (Å²) < 4.78 is 6.39. The third-order valence-corrected chi connectivity index (χ3v) is 6.70. The number of benzene rings is 2. The van der Waals surface area contributed by atoms with Gasteiger partial charge in [-0.25, -0.2) is 0 Å². The molecule has 2 heterocycles. The van der Waals surface area contributed by atoms with E-state index in [0.29, 0.717) is 18.2 Å². The van der Waals surface area contributed by atoms with E-state index in [4.69, 9.17) is 22.1 Å². The molecule has 4 rings (SSSR count). The topological polar surface area (TPSA) is 58.7 Å². The van der Waals surface area contributed by atoms with E-state index in [1.165, 1.54) is 5.56 Å². The Morgan fingerprint density at radius 1 is 1.13 bits per heavy atom. The van der Waals surface area contributed by atoms with E-state index in [-0.39, 0.29) is 46.2 Å². The average Bonchev–Trinajstić information content (AvgIpc) is 2.72. The van der Waals surface area contributed by atoms with E-state index in [1.807, 2.05) is 31.2 Å². The molecule has 1 fully saturated rings. The van der Waals surface area contributed by atoms with Gasteiger partial charge in [0, 0.05) is 30.1 Å². The first-order valence-electron chi connectivity index (χ1n) is 10.2. The van der Waals surface area contributed by atoms with Crippen molar-refractivity contribution >= 4 is 45.6 Å². The van der Waals surface area contributed by atoms with Crippen molar-refractivity contribution in [2.45, 2.75) is 44.9 Å². The summed E-state index contributed by atoms with van der Waals surface area (Å²) in [5.74, 6) is 0.907. The smallest absolute Gasteiger partial charge is 0.122 e. The molecule has 2 atom stereocenters. The van der Waals surface area contributed by atoms with Gasteiger partial charge in [0.2, 0.25) is 0 Å². The molecule has 0 aliphatic carbocycles. The first kappa shape index (κ1) is 25.6. The summed E-state index contributed by atoms with van der Waals surface area (Å²) >= 11 is 6.32. The van der Waals surface area contributed by atoms with Crippen LogP contribution >= 0.6 is 45.6 Å². The molecule has 2 unspecified atom stereocenters. The first-order valence-corrected chi connectivity index (χ1v) is 10.6.